The van der Waals surface area contributed by atoms with Crippen LogP contribution in [0.1, 0.15) is 22.8 Å². The Balaban J connectivity index is 2.43. The summed E-state index contributed by atoms with van der Waals surface area (Å²) in [6, 6.07) is 10.0. The molecule has 0 aliphatic carbocycles. The normalized spacial score (nSPS) is 12.5. The van der Waals surface area contributed by atoms with Crippen molar-refractivity contribution in [2.75, 3.05) is 0 Å². The summed E-state index contributed by atoms with van der Waals surface area (Å²) in [4.78, 5) is 0. The largest absolute Gasteiger partial charge is 0.384 e. The van der Waals surface area contributed by atoms with E-state index >= 15 is 0 Å². The summed E-state index contributed by atoms with van der Waals surface area (Å²) in [5, 5.41) is 10.0. The lowest BCUT2D eigenvalue weighted by atomic mass is 9.99. The molecule has 0 saturated heterocycles. The van der Waals surface area contributed by atoms with E-state index in [1.807, 2.05) is 0 Å². The molecule has 0 heterocycles. The van der Waals surface area contributed by atoms with E-state index in [1.165, 1.54) is 24.3 Å². The zero-order valence-corrected chi connectivity index (χ0v) is 9.32. The van der Waals surface area contributed by atoms with Crippen molar-refractivity contribution >= 4 is 0 Å². The molecular formula is C14H12F2O. The second kappa shape index (κ2) is 4.63. The van der Waals surface area contributed by atoms with Gasteiger partial charge in [0.25, 0.3) is 0 Å². The molecule has 1 atom stereocenters. The van der Waals surface area contributed by atoms with E-state index in [9.17, 15) is 13.9 Å². The Morgan fingerprint density at radius 1 is 1.06 bits per heavy atom. The number of aliphatic hydroxyl groups excluding tert-OH is 1. The number of aryl methyl sites for hydroxylation is 1. The standard InChI is InChI=1S/C14H12F2O/c1-9-5-6-13(16)12(7-9)14(17)10-3-2-4-11(15)8-10/h2-8,14,17H,1H3. The van der Waals surface area contributed by atoms with E-state index in [4.69, 9.17) is 0 Å². The maximum absolute atomic E-state index is 13.6. The minimum Gasteiger partial charge on any atom is -0.384 e. The number of hydrogen-bond donors (Lipinski definition) is 1. The molecule has 2 aromatic carbocycles. The minimum absolute atomic E-state index is 0.163. The van der Waals surface area contributed by atoms with Crippen LogP contribution in [0.15, 0.2) is 42.5 Å². The Morgan fingerprint density at radius 3 is 2.53 bits per heavy atom. The zero-order valence-electron chi connectivity index (χ0n) is 9.32. The second-order valence-electron chi connectivity index (χ2n) is 3.98. The first-order valence-electron chi connectivity index (χ1n) is 5.27. The van der Waals surface area contributed by atoms with Crippen LogP contribution in [0.5, 0.6) is 0 Å². The third kappa shape index (κ3) is 2.50. The van der Waals surface area contributed by atoms with Gasteiger partial charge in [-0.3, -0.25) is 0 Å². The fourth-order valence-electron chi connectivity index (χ4n) is 1.73. The van der Waals surface area contributed by atoms with Gasteiger partial charge in [0.05, 0.1) is 0 Å². The lowest BCUT2D eigenvalue weighted by Crippen LogP contribution is -2.03. The molecule has 0 aliphatic heterocycles. The Morgan fingerprint density at radius 2 is 1.82 bits per heavy atom. The van der Waals surface area contributed by atoms with Crippen LogP contribution in [0.2, 0.25) is 0 Å². The van der Waals surface area contributed by atoms with Crippen molar-refractivity contribution in [2.45, 2.75) is 13.0 Å². The smallest absolute Gasteiger partial charge is 0.129 e. The highest BCUT2D eigenvalue weighted by atomic mass is 19.1. The molecule has 2 rings (SSSR count). The summed E-state index contributed by atoms with van der Waals surface area (Å²) in [5.41, 5.74) is 1.35. The molecular weight excluding hydrogens is 222 g/mol. The topological polar surface area (TPSA) is 20.2 Å². The highest BCUT2D eigenvalue weighted by Gasteiger charge is 2.15. The average Bonchev–Trinajstić information content (AvgIpc) is 2.31. The maximum Gasteiger partial charge on any atom is 0.129 e. The predicted octanol–water partition coefficient (Wildman–Crippen LogP) is 3.35. The van der Waals surface area contributed by atoms with Gasteiger partial charge in [-0.15, -0.1) is 0 Å². The van der Waals surface area contributed by atoms with Crippen LogP contribution < -0.4 is 0 Å². The first-order chi connectivity index (χ1) is 8.08. The van der Waals surface area contributed by atoms with E-state index in [1.54, 1.807) is 25.1 Å². The van der Waals surface area contributed by atoms with Crippen molar-refractivity contribution in [1.82, 2.24) is 0 Å². The van der Waals surface area contributed by atoms with Crippen molar-refractivity contribution < 1.29 is 13.9 Å². The summed E-state index contributed by atoms with van der Waals surface area (Å²) in [6.45, 7) is 1.81. The molecule has 1 N–H and O–H groups in total. The van der Waals surface area contributed by atoms with Crippen LogP contribution in [0.3, 0.4) is 0 Å². The number of hydrogen-bond acceptors (Lipinski definition) is 1. The van der Waals surface area contributed by atoms with E-state index in [0.29, 0.717) is 5.56 Å². The molecule has 2 aromatic rings. The van der Waals surface area contributed by atoms with Gasteiger partial charge in [0.2, 0.25) is 0 Å². The summed E-state index contributed by atoms with van der Waals surface area (Å²) in [5.74, 6) is -0.943. The SMILES string of the molecule is Cc1ccc(F)c(C(O)c2cccc(F)c2)c1. The lowest BCUT2D eigenvalue weighted by molar-refractivity contribution is 0.214. The van der Waals surface area contributed by atoms with Crippen LogP contribution in [-0.4, -0.2) is 5.11 Å². The summed E-state index contributed by atoms with van der Waals surface area (Å²) in [6.07, 6.45) is -1.15. The molecule has 3 heteroatoms. The molecule has 1 unspecified atom stereocenters. The molecule has 0 aliphatic rings. The van der Waals surface area contributed by atoms with Gasteiger partial charge in [0, 0.05) is 5.56 Å². The van der Waals surface area contributed by atoms with Gasteiger partial charge < -0.3 is 5.11 Å². The molecule has 0 saturated carbocycles. The lowest BCUT2D eigenvalue weighted by Gasteiger charge is -2.13. The Labute approximate surface area is 98.3 Å². The van der Waals surface area contributed by atoms with Crippen molar-refractivity contribution in [3.05, 3.63) is 70.8 Å². The van der Waals surface area contributed by atoms with Gasteiger partial charge in [0.15, 0.2) is 0 Å². The van der Waals surface area contributed by atoms with Crippen LogP contribution >= 0.6 is 0 Å². The van der Waals surface area contributed by atoms with E-state index in [2.05, 4.69) is 0 Å². The number of halogens is 2. The van der Waals surface area contributed by atoms with Gasteiger partial charge in [-0.1, -0.05) is 29.8 Å². The molecule has 0 bridgehead atoms. The Hall–Kier alpha value is -1.74. The highest BCUT2D eigenvalue weighted by molar-refractivity contribution is 5.33. The monoisotopic (exact) mass is 234 g/mol. The minimum atomic E-state index is -1.15. The van der Waals surface area contributed by atoms with Crippen LogP contribution in [0.25, 0.3) is 0 Å². The fourth-order valence-corrected chi connectivity index (χ4v) is 1.73. The fraction of sp³-hybridized carbons (Fsp3) is 0.143. The second-order valence-corrected chi connectivity index (χ2v) is 3.98. The van der Waals surface area contributed by atoms with Gasteiger partial charge in [-0.2, -0.15) is 0 Å². The van der Waals surface area contributed by atoms with E-state index in [-0.39, 0.29) is 5.56 Å². The summed E-state index contributed by atoms with van der Waals surface area (Å²) in [7, 11) is 0. The van der Waals surface area contributed by atoms with E-state index in [0.717, 1.165) is 5.56 Å². The van der Waals surface area contributed by atoms with Gasteiger partial charge in [-0.05, 0) is 30.7 Å². The van der Waals surface area contributed by atoms with Crippen molar-refractivity contribution in [3.8, 4) is 0 Å². The molecule has 0 radical (unpaired) electrons. The third-order valence-electron chi connectivity index (χ3n) is 2.61. The van der Waals surface area contributed by atoms with Gasteiger partial charge in [0.1, 0.15) is 17.7 Å². The molecule has 0 fully saturated rings. The van der Waals surface area contributed by atoms with Crippen molar-refractivity contribution in [2.24, 2.45) is 0 Å². The zero-order chi connectivity index (χ0) is 12.4. The molecule has 0 spiro atoms. The molecule has 17 heavy (non-hydrogen) atoms. The van der Waals surface area contributed by atoms with Crippen LogP contribution in [-0.2, 0) is 0 Å². The van der Waals surface area contributed by atoms with Crippen LogP contribution in [0, 0.1) is 18.6 Å². The Bertz CT molecular complexity index is 537. The van der Waals surface area contributed by atoms with Crippen molar-refractivity contribution in [3.63, 3.8) is 0 Å². The van der Waals surface area contributed by atoms with Crippen LogP contribution in [0.4, 0.5) is 8.78 Å². The number of rotatable bonds is 2. The predicted molar refractivity (Wildman–Crippen MR) is 61.6 cm³/mol. The van der Waals surface area contributed by atoms with Crippen molar-refractivity contribution in [1.29, 1.82) is 0 Å². The molecule has 1 nitrogen and oxygen atoms in total. The van der Waals surface area contributed by atoms with E-state index < -0.39 is 17.7 Å². The summed E-state index contributed by atoms with van der Waals surface area (Å²) < 4.78 is 26.6. The highest BCUT2D eigenvalue weighted by Crippen LogP contribution is 2.25. The van der Waals surface area contributed by atoms with Gasteiger partial charge in [-0.25, -0.2) is 8.78 Å². The molecule has 88 valence electrons. The maximum atomic E-state index is 13.6. The molecule has 0 aromatic heterocycles. The van der Waals surface area contributed by atoms with Gasteiger partial charge >= 0.3 is 0 Å². The quantitative estimate of drug-likeness (QED) is 0.844. The average molecular weight is 234 g/mol. The number of aliphatic hydroxyl groups is 1. The Kier molecular flexibility index (Phi) is 3.20. The first kappa shape index (κ1) is 11.7. The third-order valence-corrected chi connectivity index (χ3v) is 2.61. The molecule has 0 amide bonds. The first-order valence-corrected chi connectivity index (χ1v) is 5.27. The number of benzene rings is 2. The summed E-state index contributed by atoms with van der Waals surface area (Å²) >= 11 is 0.